The molecule has 5 nitrogen and oxygen atoms in total. The molecule has 0 bridgehead atoms. The second-order valence-electron chi connectivity index (χ2n) is 7.33. The van der Waals surface area contributed by atoms with Gasteiger partial charge in [-0.3, -0.25) is 9.59 Å². The van der Waals surface area contributed by atoms with Gasteiger partial charge in [-0.1, -0.05) is 70.0 Å². The van der Waals surface area contributed by atoms with Gasteiger partial charge in [-0.25, -0.2) is 4.39 Å². The summed E-state index contributed by atoms with van der Waals surface area (Å²) in [4.78, 5) is 27.6. The molecular weight excluding hydrogens is 511 g/mol. The molecule has 0 aliphatic heterocycles. The number of carbonyl (C=O) groups excluding carboxylic acids is 2. The predicted molar refractivity (Wildman–Crippen MR) is 130 cm³/mol. The quantitative estimate of drug-likeness (QED) is 0.421. The van der Waals surface area contributed by atoms with Gasteiger partial charge < -0.3 is 15.0 Å². The molecule has 3 rings (SSSR count). The van der Waals surface area contributed by atoms with Crippen LogP contribution in [0.2, 0.25) is 5.02 Å². The van der Waals surface area contributed by atoms with E-state index in [9.17, 15) is 14.0 Å². The maximum Gasteiger partial charge on any atom is 0.261 e. The first kappa shape index (κ1) is 24.7. The molecule has 0 unspecified atom stereocenters. The predicted octanol–water partition coefficient (Wildman–Crippen LogP) is 5.01. The van der Waals surface area contributed by atoms with Crippen LogP contribution in [0.4, 0.5) is 4.39 Å². The summed E-state index contributed by atoms with van der Waals surface area (Å²) in [5.41, 5.74) is 1.59. The van der Waals surface area contributed by atoms with Crippen molar-refractivity contribution in [1.29, 1.82) is 0 Å². The number of amides is 2. The van der Waals surface area contributed by atoms with Crippen LogP contribution in [0.1, 0.15) is 11.1 Å². The molecule has 33 heavy (non-hydrogen) atoms. The van der Waals surface area contributed by atoms with E-state index in [1.165, 1.54) is 24.1 Å². The van der Waals surface area contributed by atoms with Gasteiger partial charge in [0.15, 0.2) is 6.61 Å². The smallest absolute Gasteiger partial charge is 0.261 e. The van der Waals surface area contributed by atoms with Gasteiger partial charge in [0.05, 0.1) is 5.02 Å². The van der Waals surface area contributed by atoms with Crippen LogP contribution in [0.3, 0.4) is 0 Å². The molecule has 0 heterocycles. The van der Waals surface area contributed by atoms with E-state index in [2.05, 4.69) is 21.2 Å². The van der Waals surface area contributed by atoms with Crippen molar-refractivity contribution < 1.29 is 18.7 Å². The Morgan fingerprint density at radius 3 is 2.39 bits per heavy atom. The highest BCUT2D eigenvalue weighted by Gasteiger charge is 2.30. The third kappa shape index (κ3) is 7.04. The minimum atomic E-state index is -0.793. The minimum absolute atomic E-state index is 0.113. The summed E-state index contributed by atoms with van der Waals surface area (Å²) in [7, 11) is 1.53. The van der Waals surface area contributed by atoms with Crippen molar-refractivity contribution in [2.75, 3.05) is 13.7 Å². The van der Waals surface area contributed by atoms with Crippen LogP contribution in [-0.4, -0.2) is 36.4 Å². The van der Waals surface area contributed by atoms with Gasteiger partial charge >= 0.3 is 0 Å². The average Bonchev–Trinajstić information content (AvgIpc) is 2.82. The maximum atomic E-state index is 13.4. The van der Waals surface area contributed by atoms with Gasteiger partial charge in [-0.2, -0.15) is 0 Å². The number of carbonyl (C=O) groups is 2. The van der Waals surface area contributed by atoms with Crippen molar-refractivity contribution in [3.63, 3.8) is 0 Å². The van der Waals surface area contributed by atoms with Crippen LogP contribution in [0.5, 0.6) is 5.75 Å². The van der Waals surface area contributed by atoms with E-state index in [1.54, 1.807) is 30.3 Å². The van der Waals surface area contributed by atoms with Crippen LogP contribution in [-0.2, 0) is 22.6 Å². The van der Waals surface area contributed by atoms with Gasteiger partial charge in [0.1, 0.15) is 17.6 Å². The van der Waals surface area contributed by atoms with Gasteiger partial charge in [0, 0.05) is 24.5 Å². The lowest BCUT2D eigenvalue weighted by Gasteiger charge is -2.31. The molecule has 1 atom stereocenters. The number of likely N-dealkylation sites (N-methyl/N-ethyl adjacent to an activating group) is 1. The van der Waals surface area contributed by atoms with E-state index in [0.717, 1.165) is 10.0 Å². The zero-order chi connectivity index (χ0) is 23.8. The highest BCUT2D eigenvalue weighted by Crippen LogP contribution is 2.28. The Morgan fingerprint density at radius 2 is 1.76 bits per heavy atom. The molecule has 0 radical (unpaired) electrons. The molecule has 8 heteroatoms. The number of ether oxygens (including phenoxy) is 1. The molecule has 2 amide bonds. The lowest BCUT2D eigenvalue weighted by atomic mass is 10.0. The van der Waals surface area contributed by atoms with Gasteiger partial charge in [-0.05, 0) is 41.5 Å². The summed E-state index contributed by atoms with van der Waals surface area (Å²) in [6.45, 7) is -0.202. The number of rotatable bonds is 9. The lowest BCUT2D eigenvalue weighted by Crippen LogP contribution is -2.51. The van der Waals surface area contributed by atoms with Crippen LogP contribution >= 0.6 is 27.5 Å². The first-order valence-corrected chi connectivity index (χ1v) is 11.4. The van der Waals surface area contributed by atoms with Gasteiger partial charge in [0.25, 0.3) is 5.91 Å². The highest BCUT2D eigenvalue weighted by molar-refractivity contribution is 9.10. The van der Waals surface area contributed by atoms with E-state index in [-0.39, 0.29) is 24.9 Å². The fourth-order valence-electron chi connectivity index (χ4n) is 3.32. The third-order valence-corrected chi connectivity index (χ3v) is 5.82. The van der Waals surface area contributed by atoms with Crippen LogP contribution in [0, 0.1) is 5.82 Å². The van der Waals surface area contributed by atoms with Crippen molar-refractivity contribution in [2.24, 2.45) is 0 Å². The van der Waals surface area contributed by atoms with Crippen molar-refractivity contribution in [3.8, 4) is 5.75 Å². The molecule has 3 aromatic carbocycles. The molecule has 172 valence electrons. The van der Waals surface area contributed by atoms with Crippen LogP contribution in [0.25, 0.3) is 0 Å². The first-order valence-electron chi connectivity index (χ1n) is 10.2. The Bertz CT molecular complexity index is 1100. The first-order chi connectivity index (χ1) is 15.9. The largest absolute Gasteiger partial charge is 0.482 e. The SMILES string of the molecule is CNC(=O)[C@H](Cc1ccccc1)N(Cc1ccc(F)cc1)C(=O)COc1ccc(Br)cc1Cl. The summed E-state index contributed by atoms with van der Waals surface area (Å²) < 4.78 is 19.9. The lowest BCUT2D eigenvalue weighted by molar-refractivity contribution is -0.142. The van der Waals surface area contributed by atoms with E-state index >= 15 is 0 Å². The molecule has 1 N–H and O–H groups in total. The zero-order valence-corrected chi connectivity index (χ0v) is 20.3. The normalized spacial score (nSPS) is 11.5. The van der Waals surface area contributed by atoms with Crippen molar-refractivity contribution in [2.45, 2.75) is 19.0 Å². The maximum absolute atomic E-state index is 13.4. The molecule has 3 aromatic rings. The Kier molecular flexibility index (Phi) is 8.86. The number of nitrogens with one attached hydrogen (secondary N) is 1. The minimum Gasteiger partial charge on any atom is -0.482 e. The zero-order valence-electron chi connectivity index (χ0n) is 17.9. The number of hydrogen-bond donors (Lipinski definition) is 1. The molecular formula is C25H23BrClFN2O3. The van der Waals surface area contributed by atoms with E-state index in [1.807, 2.05) is 30.3 Å². The van der Waals surface area contributed by atoms with Crippen LogP contribution in [0.15, 0.2) is 77.3 Å². The Morgan fingerprint density at radius 1 is 1.06 bits per heavy atom. The van der Waals surface area contributed by atoms with E-state index < -0.39 is 11.9 Å². The molecule has 0 spiro atoms. The monoisotopic (exact) mass is 532 g/mol. The fourth-order valence-corrected chi connectivity index (χ4v) is 4.05. The van der Waals surface area contributed by atoms with Crippen molar-refractivity contribution >= 4 is 39.3 Å². The average molecular weight is 534 g/mol. The Hall–Kier alpha value is -2.90. The second-order valence-corrected chi connectivity index (χ2v) is 8.65. The summed E-state index contributed by atoms with van der Waals surface area (Å²) in [6, 6.07) is 19.5. The third-order valence-electron chi connectivity index (χ3n) is 5.03. The highest BCUT2D eigenvalue weighted by atomic mass is 79.9. The summed E-state index contributed by atoms with van der Waals surface area (Å²) in [6.07, 6.45) is 0.312. The molecule has 0 aromatic heterocycles. The summed E-state index contributed by atoms with van der Waals surface area (Å²) in [5.74, 6) is -0.731. The van der Waals surface area contributed by atoms with Crippen LogP contribution < -0.4 is 10.1 Å². The summed E-state index contributed by atoms with van der Waals surface area (Å²) >= 11 is 9.53. The van der Waals surface area contributed by atoms with Gasteiger partial charge in [-0.15, -0.1) is 0 Å². The van der Waals surface area contributed by atoms with Crippen molar-refractivity contribution in [1.82, 2.24) is 10.2 Å². The topological polar surface area (TPSA) is 58.6 Å². The van der Waals surface area contributed by atoms with Gasteiger partial charge in [0.2, 0.25) is 5.91 Å². The number of benzene rings is 3. The van der Waals surface area contributed by atoms with E-state index in [4.69, 9.17) is 16.3 Å². The molecule has 0 aliphatic rings. The molecule has 0 fully saturated rings. The second kappa shape index (κ2) is 11.8. The number of hydrogen-bond acceptors (Lipinski definition) is 3. The Balaban J connectivity index is 1.87. The molecule has 0 saturated heterocycles. The number of halogens is 3. The molecule has 0 aliphatic carbocycles. The van der Waals surface area contributed by atoms with Crippen molar-refractivity contribution in [3.05, 3.63) is 99.2 Å². The van der Waals surface area contributed by atoms with E-state index in [0.29, 0.717) is 22.8 Å². The fraction of sp³-hybridized carbons (Fsp3) is 0.200. The summed E-state index contributed by atoms with van der Waals surface area (Å²) in [5, 5.41) is 3.00. The number of nitrogens with zero attached hydrogens (tertiary/aromatic N) is 1. The standard InChI is InChI=1S/C25H23BrClFN2O3/c1-29-25(32)22(13-17-5-3-2-4-6-17)30(15-18-7-10-20(28)11-8-18)24(31)16-33-23-12-9-19(26)14-21(23)27/h2-12,14,22H,13,15-16H2,1H3,(H,29,32)/t22-/m0/s1. The molecule has 0 saturated carbocycles. The Labute approximate surface area is 205 Å².